The fourth-order valence-electron chi connectivity index (χ4n) is 11.8. The molecule has 2 heterocycles. The van der Waals surface area contributed by atoms with Crippen LogP contribution in [-0.2, 0) is 21.7 Å². The third kappa shape index (κ3) is 7.71. The summed E-state index contributed by atoms with van der Waals surface area (Å²) in [5.74, 6) is 0. The predicted molar refractivity (Wildman–Crippen MR) is 319 cm³/mol. The van der Waals surface area contributed by atoms with Gasteiger partial charge in [-0.3, -0.25) is 0 Å². The third-order valence-electron chi connectivity index (χ3n) is 15.7. The molecule has 0 fully saturated rings. The van der Waals surface area contributed by atoms with E-state index in [-0.39, 0.29) is 38.7 Å². The molecule has 0 unspecified atom stereocenters. The summed E-state index contributed by atoms with van der Waals surface area (Å²) in [6.07, 6.45) is 0. The maximum absolute atomic E-state index is 9.40. The van der Waals surface area contributed by atoms with Crippen LogP contribution in [0.4, 0.5) is 51.2 Å². The van der Waals surface area contributed by atoms with Gasteiger partial charge in [0.2, 0.25) is 0 Å². The SMILES string of the molecule is [2H]c1c([2H])c([2H])c(N(c2ccc3c(c2)N(c2ccc4c(c2)C(C)(C)c2ccccc2-4)c2cc(C)cc4c2B3c2cc(C(C)(C)C)ccc2N4c2ccc(C(C)(C)C)cc2-c2ccc(C(C)(C)C)cc2)c2c([2H])c([2H])c([2H])c([2H])c2[2H])c([2H])c1[2H]. The van der Waals surface area contributed by atoms with E-state index in [0.29, 0.717) is 5.69 Å². The van der Waals surface area contributed by atoms with Gasteiger partial charge in [0.25, 0.3) is 6.71 Å². The molecule has 0 bridgehead atoms. The van der Waals surface area contributed by atoms with Gasteiger partial charge in [-0.2, -0.15) is 0 Å². The van der Waals surface area contributed by atoms with Crippen LogP contribution >= 0.6 is 0 Å². The maximum atomic E-state index is 9.40. The van der Waals surface area contributed by atoms with Crippen molar-refractivity contribution < 1.29 is 13.7 Å². The van der Waals surface area contributed by atoms with Crippen LogP contribution < -0.4 is 31.1 Å². The zero-order valence-electron chi connectivity index (χ0n) is 54.6. The molecule has 0 saturated carbocycles. The molecule has 3 aliphatic rings. The maximum Gasteiger partial charge on any atom is 0.252 e. The minimum atomic E-state index is -0.627. The Labute approximate surface area is 455 Å². The zero-order chi connectivity index (χ0) is 60.3. The van der Waals surface area contributed by atoms with Crippen LogP contribution in [0.2, 0.25) is 0 Å². The summed E-state index contributed by atoms with van der Waals surface area (Å²) in [6.45, 7) is 26.4. The van der Waals surface area contributed by atoms with Crippen molar-refractivity contribution in [2.75, 3.05) is 14.7 Å². The number of benzene rings is 9. The van der Waals surface area contributed by atoms with E-state index in [2.05, 4.69) is 208 Å². The van der Waals surface area contributed by atoms with Crippen molar-refractivity contribution in [2.24, 2.45) is 0 Å². The lowest BCUT2D eigenvalue weighted by molar-refractivity contribution is 0.590. The van der Waals surface area contributed by atoms with E-state index in [4.69, 9.17) is 8.22 Å². The molecule has 74 heavy (non-hydrogen) atoms. The van der Waals surface area contributed by atoms with Gasteiger partial charge in [-0.1, -0.05) is 191 Å². The Morgan fingerprint density at radius 3 is 1.65 bits per heavy atom. The Bertz CT molecular complexity index is 4160. The lowest BCUT2D eigenvalue weighted by atomic mass is 9.33. The van der Waals surface area contributed by atoms with Gasteiger partial charge in [-0.25, -0.2) is 0 Å². The average Bonchev–Trinajstić information content (AvgIpc) is 0.731. The Morgan fingerprint density at radius 1 is 0.446 bits per heavy atom. The normalized spacial score (nSPS) is 16.1. The van der Waals surface area contributed by atoms with Gasteiger partial charge in [-0.15, -0.1) is 0 Å². The molecule has 1 aliphatic carbocycles. The van der Waals surface area contributed by atoms with E-state index < -0.39 is 67.1 Å². The highest BCUT2D eigenvalue weighted by atomic mass is 15.2. The van der Waals surface area contributed by atoms with Crippen molar-refractivity contribution in [3.05, 3.63) is 227 Å². The molecular weight excluding hydrogens is 894 g/mol. The molecule has 0 atom stereocenters. The monoisotopic (exact) mass is 972 g/mol. The van der Waals surface area contributed by atoms with Crippen molar-refractivity contribution in [3.8, 4) is 22.3 Å². The standard InChI is InChI=1S/C70H68BN3/c1-45-39-64-66-65(40-45)74(61-37-31-48(68(5,6)7)41-56(61)46-27-29-47(30-28-46)67(2,3)4)62-38-32-49(69(8,9)10)42-60(62)71(66)59-36-34-53(72(50-21-15-13-16-22-50)51-23-17-14-18-24-51)44-63(59)73(64)52-33-35-55-54-25-19-20-26-57(54)70(11,12)58(55)43-52/h13-44H,1-12H3/i13D,14D,15D,16D,17D,18D,21D,22D,23D,24D. The summed E-state index contributed by atoms with van der Waals surface area (Å²) < 4.78 is 90.4. The number of hydrogen-bond acceptors (Lipinski definition) is 3. The van der Waals surface area contributed by atoms with E-state index in [1.54, 1.807) is 6.07 Å². The Hall–Kier alpha value is -7.56. The van der Waals surface area contributed by atoms with Crippen LogP contribution in [0.25, 0.3) is 22.3 Å². The van der Waals surface area contributed by atoms with E-state index in [0.717, 1.165) is 78.2 Å². The highest BCUT2D eigenvalue weighted by molar-refractivity contribution is 7.00. The van der Waals surface area contributed by atoms with Crippen molar-refractivity contribution in [1.82, 2.24) is 0 Å². The van der Waals surface area contributed by atoms with Gasteiger partial charge in [0.15, 0.2) is 0 Å². The minimum absolute atomic E-state index is 0.0412. The van der Waals surface area contributed by atoms with Crippen LogP contribution in [-0.4, -0.2) is 6.71 Å². The fraction of sp³-hybridized carbons (Fsp3) is 0.229. The lowest BCUT2D eigenvalue weighted by Gasteiger charge is -2.45. The second-order valence-corrected chi connectivity index (χ2v) is 24.1. The first kappa shape index (κ1) is 37.2. The first-order chi connectivity index (χ1) is 39.4. The fourth-order valence-corrected chi connectivity index (χ4v) is 11.8. The van der Waals surface area contributed by atoms with E-state index in [9.17, 15) is 5.48 Å². The van der Waals surface area contributed by atoms with Gasteiger partial charge in [0.1, 0.15) is 0 Å². The molecule has 9 aromatic rings. The van der Waals surface area contributed by atoms with Gasteiger partial charge < -0.3 is 14.7 Å². The minimum Gasteiger partial charge on any atom is -0.311 e. The predicted octanol–water partition coefficient (Wildman–Crippen LogP) is 17.4. The molecule has 0 radical (unpaired) electrons. The molecule has 2 aliphatic heterocycles. The summed E-state index contributed by atoms with van der Waals surface area (Å²) in [5, 5.41) is 0. The number of fused-ring (bicyclic) bond motifs is 7. The molecule has 12 rings (SSSR count). The topological polar surface area (TPSA) is 9.72 Å². The summed E-state index contributed by atoms with van der Waals surface area (Å²) in [7, 11) is 0. The van der Waals surface area contributed by atoms with Crippen LogP contribution in [0.15, 0.2) is 194 Å². The van der Waals surface area contributed by atoms with Crippen molar-refractivity contribution >= 4 is 74.3 Å². The number of para-hydroxylation sites is 2. The average molecular weight is 972 g/mol. The zero-order valence-corrected chi connectivity index (χ0v) is 44.6. The molecule has 9 aromatic carbocycles. The molecule has 0 amide bonds. The summed E-state index contributed by atoms with van der Waals surface area (Å²) in [6, 6.07) is 42.1. The largest absolute Gasteiger partial charge is 0.311 e. The molecule has 0 aromatic heterocycles. The molecule has 0 saturated heterocycles. The summed E-state index contributed by atoms with van der Waals surface area (Å²) >= 11 is 0. The molecule has 0 N–H and O–H groups in total. The van der Waals surface area contributed by atoms with E-state index >= 15 is 0 Å². The van der Waals surface area contributed by atoms with E-state index in [1.807, 2.05) is 12.1 Å². The van der Waals surface area contributed by atoms with Crippen LogP contribution in [0.5, 0.6) is 0 Å². The Kier molecular flexibility index (Phi) is 8.55. The van der Waals surface area contributed by atoms with Crippen LogP contribution in [0.3, 0.4) is 0 Å². The quantitative estimate of drug-likeness (QED) is 0.154. The first-order valence-electron chi connectivity index (χ1n) is 30.9. The Morgan fingerprint density at radius 2 is 1.01 bits per heavy atom. The van der Waals surface area contributed by atoms with Gasteiger partial charge in [-0.05, 0) is 168 Å². The molecule has 3 nitrogen and oxygen atoms in total. The van der Waals surface area contributed by atoms with Crippen molar-refractivity contribution in [2.45, 2.75) is 105 Å². The first-order valence-corrected chi connectivity index (χ1v) is 25.9. The highest BCUT2D eigenvalue weighted by Crippen LogP contribution is 2.53. The van der Waals surface area contributed by atoms with Crippen molar-refractivity contribution in [3.63, 3.8) is 0 Å². The number of aryl methyl sites for hydroxylation is 1. The van der Waals surface area contributed by atoms with Gasteiger partial charge >= 0.3 is 0 Å². The molecule has 0 spiro atoms. The smallest absolute Gasteiger partial charge is 0.252 e. The number of nitrogens with zero attached hydrogens (tertiary/aromatic N) is 3. The summed E-state index contributed by atoms with van der Waals surface area (Å²) in [4.78, 5) is 6.00. The van der Waals surface area contributed by atoms with Crippen molar-refractivity contribution in [1.29, 1.82) is 0 Å². The van der Waals surface area contributed by atoms with E-state index in [1.165, 1.54) is 27.2 Å². The highest BCUT2D eigenvalue weighted by Gasteiger charge is 2.45. The number of hydrogen-bond donors (Lipinski definition) is 0. The second-order valence-electron chi connectivity index (χ2n) is 24.1. The van der Waals surface area contributed by atoms with Gasteiger partial charge in [0.05, 0.1) is 19.4 Å². The lowest BCUT2D eigenvalue weighted by Crippen LogP contribution is -2.61. The van der Waals surface area contributed by atoms with Crippen LogP contribution in [0, 0.1) is 6.92 Å². The molecule has 4 heteroatoms. The molecule has 366 valence electrons. The molecular formula is C70H68BN3. The Balaban J connectivity index is 1.20. The van der Waals surface area contributed by atoms with Crippen LogP contribution in [0.1, 0.15) is 123 Å². The number of rotatable bonds is 6. The summed E-state index contributed by atoms with van der Waals surface area (Å²) in [5.41, 5.74) is 18.8. The second kappa shape index (κ2) is 17.0. The van der Waals surface area contributed by atoms with Gasteiger partial charge in [0, 0.05) is 56.5 Å². The number of anilines is 9. The third-order valence-corrected chi connectivity index (χ3v) is 15.7.